The molecule has 0 unspecified atom stereocenters. The molecule has 0 heterocycles. The van der Waals surface area contributed by atoms with Crippen LogP contribution in [0, 0.1) is 0 Å². The first-order valence-corrected chi connectivity index (χ1v) is 10.8. The van der Waals surface area contributed by atoms with Gasteiger partial charge in [0.15, 0.2) is 0 Å². The Balaban J connectivity index is 1.59. The highest BCUT2D eigenvalue weighted by atomic mass is 16.6. The standard InChI is InChI=1S/C27H27NO4/c29-25(20-23-15-6-2-7-16-23)28(26(30)21-24-17-8-3-9-18-24)27(31)32-19-11-10-14-22-12-4-1-5-13-22/h1-9,12-13,15-18H,10-11,14,19-21H2. The van der Waals surface area contributed by atoms with Crippen molar-refractivity contribution < 1.29 is 19.1 Å². The fourth-order valence-electron chi connectivity index (χ4n) is 3.34. The number of benzene rings is 3. The van der Waals surface area contributed by atoms with E-state index in [1.54, 1.807) is 24.3 Å². The van der Waals surface area contributed by atoms with E-state index in [9.17, 15) is 14.4 Å². The van der Waals surface area contributed by atoms with Gasteiger partial charge in [-0.1, -0.05) is 91.0 Å². The number of carbonyl (C=O) groups excluding carboxylic acids is 3. The molecule has 164 valence electrons. The molecular formula is C27H27NO4. The summed E-state index contributed by atoms with van der Waals surface area (Å²) in [5.74, 6) is -1.18. The molecule has 0 atom stereocenters. The quantitative estimate of drug-likeness (QED) is 0.450. The smallest absolute Gasteiger partial charge is 0.423 e. The summed E-state index contributed by atoms with van der Waals surface area (Å²) >= 11 is 0. The normalized spacial score (nSPS) is 10.4. The van der Waals surface area contributed by atoms with Gasteiger partial charge in [0.2, 0.25) is 11.8 Å². The molecule has 0 fully saturated rings. The SMILES string of the molecule is O=C(Cc1ccccc1)N(C(=O)Cc1ccccc1)C(=O)OCCCCc1ccccc1. The maximum Gasteiger partial charge on any atom is 0.423 e. The van der Waals surface area contributed by atoms with Crippen LogP contribution < -0.4 is 0 Å². The molecular weight excluding hydrogens is 402 g/mol. The second kappa shape index (κ2) is 12.2. The van der Waals surface area contributed by atoms with Crippen LogP contribution in [0.15, 0.2) is 91.0 Å². The van der Waals surface area contributed by atoms with Gasteiger partial charge in [-0.25, -0.2) is 4.79 Å². The molecule has 3 amide bonds. The van der Waals surface area contributed by atoms with Crippen molar-refractivity contribution in [2.24, 2.45) is 0 Å². The van der Waals surface area contributed by atoms with Gasteiger partial charge >= 0.3 is 6.09 Å². The summed E-state index contributed by atoms with van der Waals surface area (Å²) < 4.78 is 5.31. The Morgan fingerprint density at radius 1 is 0.594 bits per heavy atom. The molecule has 0 aromatic heterocycles. The van der Waals surface area contributed by atoms with Crippen molar-refractivity contribution in [1.82, 2.24) is 4.90 Å². The summed E-state index contributed by atoms with van der Waals surface area (Å²) in [6.07, 6.45) is 1.35. The third kappa shape index (κ3) is 7.20. The van der Waals surface area contributed by atoms with Crippen LogP contribution in [0.1, 0.15) is 29.5 Å². The minimum Gasteiger partial charge on any atom is -0.449 e. The summed E-state index contributed by atoms with van der Waals surface area (Å²) in [4.78, 5) is 39.1. The van der Waals surface area contributed by atoms with Gasteiger partial charge in [0.1, 0.15) is 0 Å². The third-order valence-corrected chi connectivity index (χ3v) is 5.01. The van der Waals surface area contributed by atoms with Crippen LogP contribution in [0.25, 0.3) is 0 Å². The molecule has 0 aliphatic heterocycles. The Labute approximate surface area is 188 Å². The molecule has 0 spiro atoms. The number of hydrogen-bond acceptors (Lipinski definition) is 4. The number of nitrogens with zero attached hydrogens (tertiary/aromatic N) is 1. The van der Waals surface area contributed by atoms with Crippen molar-refractivity contribution in [3.8, 4) is 0 Å². The number of rotatable bonds is 9. The lowest BCUT2D eigenvalue weighted by Gasteiger charge is -2.19. The highest BCUT2D eigenvalue weighted by Crippen LogP contribution is 2.10. The molecule has 0 aliphatic rings. The summed E-state index contributed by atoms with van der Waals surface area (Å²) in [5.41, 5.74) is 2.67. The second-order valence-corrected chi connectivity index (χ2v) is 7.50. The molecule has 0 radical (unpaired) electrons. The minimum atomic E-state index is -0.911. The first-order valence-electron chi connectivity index (χ1n) is 10.8. The molecule has 3 aromatic rings. The van der Waals surface area contributed by atoms with Crippen LogP contribution in [-0.4, -0.2) is 29.4 Å². The zero-order valence-electron chi connectivity index (χ0n) is 18.0. The lowest BCUT2D eigenvalue weighted by molar-refractivity contribution is -0.141. The van der Waals surface area contributed by atoms with Crippen molar-refractivity contribution in [2.45, 2.75) is 32.1 Å². The van der Waals surface area contributed by atoms with Crippen molar-refractivity contribution in [1.29, 1.82) is 0 Å². The monoisotopic (exact) mass is 429 g/mol. The van der Waals surface area contributed by atoms with Gasteiger partial charge in [-0.15, -0.1) is 0 Å². The highest BCUT2D eigenvalue weighted by molar-refractivity contribution is 6.09. The molecule has 32 heavy (non-hydrogen) atoms. The number of carbonyl (C=O) groups is 3. The van der Waals surface area contributed by atoms with Crippen molar-refractivity contribution in [3.63, 3.8) is 0 Å². The van der Waals surface area contributed by atoms with Crippen LogP contribution >= 0.6 is 0 Å². The maximum absolute atomic E-state index is 12.9. The Hall–Kier alpha value is -3.73. The molecule has 0 saturated carbocycles. The van der Waals surface area contributed by atoms with Gasteiger partial charge < -0.3 is 4.74 Å². The maximum atomic E-state index is 12.9. The Kier molecular flexibility index (Phi) is 8.75. The van der Waals surface area contributed by atoms with Gasteiger partial charge in [-0.2, -0.15) is 4.90 Å². The van der Waals surface area contributed by atoms with E-state index >= 15 is 0 Å². The highest BCUT2D eigenvalue weighted by Gasteiger charge is 2.30. The van der Waals surface area contributed by atoms with Crippen molar-refractivity contribution >= 4 is 17.9 Å². The van der Waals surface area contributed by atoms with Gasteiger partial charge in [0.25, 0.3) is 0 Å². The zero-order valence-corrected chi connectivity index (χ0v) is 18.0. The van der Waals surface area contributed by atoms with E-state index in [1.807, 2.05) is 54.6 Å². The molecule has 0 bridgehead atoms. The third-order valence-electron chi connectivity index (χ3n) is 5.01. The Morgan fingerprint density at radius 2 is 1.03 bits per heavy atom. The number of unbranched alkanes of at least 4 members (excludes halogenated alkanes) is 1. The predicted octanol–water partition coefficient (Wildman–Crippen LogP) is 4.99. The van der Waals surface area contributed by atoms with Crippen LogP contribution in [-0.2, 0) is 33.6 Å². The number of amides is 3. The molecule has 0 aliphatic carbocycles. The molecule has 5 nitrogen and oxygen atoms in total. The van der Waals surface area contributed by atoms with E-state index in [-0.39, 0.29) is 19.4 Å². The number of aryl methyl sites for hydroxylation is 1. The summed E-state index contributed by atoms with van der Waals surface area (Å²) in [7, 11) is 0. The second-order valence-electron chi connectivity index (χ2n) is 7.50. The molecule has 0 saturated heterocycles. The summed E-state index contributed by atoms with van der Waals surface area (Å²) in [5, 5.41) is 0. The van der Waals surface area contributed by atoms with Gasteiger partial charge in [-0.05, 0) is 36.0 Å². The number of hydrogen-bond donors (Lipinski definition) is 0. The van der Waals surface area contributed by atoms with Crippen molar-refractivity contribution in [3.05, 3.63) is 108 Å². The fourth-order valence-corrected chi connectivity index (χ4v) is 3.34. The van der Waals surface area contributed by atoms with Crippen molar-refractivity contribution in [2.75, 3.05) is 6.61 Å². The molecule has 3 rings (SSSR count). The average molecular weight is 430 g/mol. The zero-order chi connectivity index (χ0) is 22.6. The van der Waals surface area contributed by atoms with Gasteiger partial charge in [0, 0.05) is 0 Å². The Bertz CT molecular complexity index is 950. The summed E-state index contributed by atoms with van der Waals surface area (Å²) in [6, 6.07) is 28.1. The largest absolute Gasteiger partial charge is 0.449 e. The lowest BCUT2D eigenvalue weighted by atomic mass is 10.1. The van der Waals surface area contributed by atoms with Crippen LogP contribution in [0.3, 0.4) is 0 Å². The Morgan fingerprint density at radius 3 is 1.50 bits per heavy atom. The minimum absolute atomic E-state index is 0.0511. The lowest BCUT2D eigenvalue weighted by Crippen LogP contribution is -2.44. The topological polar surface area (TPSA) is 63.7 Å². The number of ether oxygens (including phenoxy) is 1. The summed E-state index contributed by atoms with van der Waals surface area (Å²) in [6.45, 7) is 0.152. The van der Waals surface area contributed by atoms with E-state index in [1.165, 1.54) is 5.56 Å². The number of imide groups is 3. The van der Waals surface area contributed by atoms with E-state index in [0.717, 1.165) is 24.0 Å². The van der Waals surface area contributed by atoms with E-state index in [2.05, 4.69) is 12.1 Å². The van der Waals surface area contributed by atoms with E-state index in [4.69, 9.17) is 4.74 Å². The van der Waals surface area contributed by atoms with Gasteiger partial charge in [-0.3, -0.25) is 9.59 Å². The van der Waals surface area contributed by atoms with E-state index < -0.39 is 17.9 Å². The average Bonchev–Trinajstić information content (AvgIpc) is 2.81. The first kappa shape index (κ1) is 22.9. The van der Waals surface area contributed by atoms with Crippen LogP contribution in [0.5, 0.6) is 0 Å². The van der Waals surface area contributed by atoms with Crippen LogP contribution in [0.4, 0.5) is 4.79 Å². The van der Waals surface area contributed by atoms with E-state index in [0.29, 0.717) is 11.3 Å². The first-order chi connectivity index (χ1) is 15.6. The predicted molar refractivity (Wildman–Crippen MR) is 123 cm³/mol. The van der Waals surface area contributed by atoms with Gasteiger partial charge in [0.05, 0.1) is 19.4 Å². The molecule has 5 heteroatoms. The molecule has 3 aromatic carbocycles. The van der Waals surface area contributed by atoms with Crippen LogP contribution in [0.2, 0.25) is 0 Å². The fraction of sp³-hybridized carbons (Fsp3) is 0.222. The molecule has 0 N–H and O–H groups in total.